The highest BCUT2D eigenvalue weighted by Gasteiger charge is 2.33. The second kappa shape index (κ2) is 8.93. The fourth-order valence-corrected chi connectivity index (χ4v) is 5.30. The number of hydrogen-bond donors (Lipinski definition) is 3. The molecule has 29 heavy (non-hydrogen) atoms. The maximum Gasteiger partial charge on any atom is 0.270 e. The molecular weight excluding hydrogens is 432 g/mol. The molecule has 2 aromatic rings. The molecule has 2 fully saturated rings. The second-order valence-corrected chi connectivity index (χ2v) is 8.99. The van der Waals surface area contributed by atoms with Gasteiger partial charge in [0.1, 0.15) is 5.69 Å². The summed E-state index contributed by atoms with van der Waals surface area (Å²) >= 11 is 3.54. The Bertz CT molecular complexity index is 857. The Hall–Kier alpha value is -1.77. The Morgan fingerprint density at radius 3 is 2.76 bits per heavy atom. The van der Waals surface area contributed by atoms with Crippen LogP contribution in [0, 0.1) is 18.8 Å². The fraction of sp³-hybridized carbons (Fsp3) is 0.571. The topological polar surface area (TPSA) is 83.9 Å². The number of aryl methyl sites for hydroxylation is 2. The van der Waals surface area contributed by atoms with E-state index in [2.05, 4.69) is 42.0 Å². The molecule has 156 valence electrons. The van der Waals surface area contributed by atoms with Crippen molar-refractivity contribution in [1.29, 1.82) is 0 Å². The average molecular weight is 461 g/mol. The van der Waals surface area contributed by atoms with E-state index in [-0.39, 0.29) is 11.9 Å². The van der Waals surface area contributed by atoms with Crippen LogP contribution in [0.4, 0.5) is 0 Å². The first-order valence-electron chi connectivity index (χ1n) is 10.4. The van der Waals surface area contributed by atoms with Crippen LogP contribution in [-0.4, -0.2) is 52.9 Å². The van der Waals surface area contributed by atoms with Crippen LogP contribution in [-0.2, 0) is 7.05 Å². The highest BCUT2D eigenvalue weighted by molar-refractivity contribution is 9.10. The van der Waals surface area contributed by atoms with E-state index < -0.39 is 0 Å². The number of nitrogens with one attached hydrogen (secondary N) is 3. The predicted molar refractivity (Wildman–Crippen MR) is 117 cm³/mol. The molecule has 0 spiro atoms. The van der Waals surface area contributed by atoms with Crippen molar-refractivity contribution in [3.63, 3.8) is 0 Å². The van der Waals surface area contributed by atoms with Crippen molar-refractivity contribution < 1.29 is 4.79 Å². The van der Waals surface area contributed by atoms with Gasteiger partial charge in [-0.05, 0) is 85.7 Å². The zero-order valence-corrected chi connectivity index (χ0v) is 18.6. The van der Waals surface area contributed by atoms with Crippen molar-refractivity contribution >= 4 is 21.8 Å². The summed E-state index contributed by atoms with van der Waals surface area (Å²) in [5, 5.41) is 14.5. The lowest BCUT2D eigenvalue weighted by Gasteiger charge is -2.39. The monoisotopic (exact) mass is 460 g/mol. The van der Waals surface area contributed by atoms with E-state index in [4.69, 9.17) is 0 Å². The van der Waals surface area contributed by atoms with Gasteiger partial charge in [-0.3, -0.25) is 9.48 Å². The van der Waals surface area contributed by atoms with Crippen LogP contribution in [0.1, 0.15) is 35.4 Å². The molecule has 2 aromatic heterocycles. The lowest BCUT2D eigenvalue weighted by molar-refractivity contribution is 0.0873. The Morgan fingerprint density at radius 2 is 2.07 bits per heavy atom. The van der Waals surface area contributed by atoms with Crippen molar-refractivity contribution in [2.75, 3.05) is 26.2 Å². The first-order chi connectivity index (χ1) is 14.0. The van der Waals surface area contributed by atoms with Crippen molar-refractivity contribution in [3.8, 4) is 11.3 Å². The zero-order valence-electron chi connectivity index (χ0n) is 17.0. The highest BCUT2D eigenvalue weighted by atomic mass is 79.9. The molecule has 0 aliphatic carbocycles. The normalized spacial score (nSPS) is 25.0. The molecule has 3 atom stereocenters. The molecule has 2 aliphatic rings. The maximum atomic E-state index is 13.0. The third-order valence-corrected chi connectivity index (χ3v) is 6.84. The molecule has 2 aliphatic heterocycles. The summed E-state index contributed by atoms with van der Waals surface area (Å²) < 4.78 is 2.73. The smallest absolute Gasteiger partial charge is 0.270 e. The van der Waals surface area contributed by atoms with Gasteiger partial charge in [0.25, 0.3) is 5.91 Å². The summed E-state index contributed by atoms with van der Waals surface area (Å²) in [6.07, 6.45) is 5.35. The largest absolute Gasteiger partial charge is 0.346 e. The highest BCUT2D eigenvalue weighted by Crippen LogP contribution is 2.30. The molecule has 1 unspecified atom stereocenters. The average Bonchev–Trinajstić information content (AvgIpc) is 3.07. The Morgan fingerprint density at radius 1 is 1.24 bits per heavy atom. The molecule has 0 saturated carbocycles. The number of amides is 1. The number of carbonyl (C=O) groups is 1. The van der Waals surface area contributed by atoms with Gasteiger partial charge in [-0.1, -0.05) is 0 Å². The van der Waals surface area contributed by atoms with Crippen LogP contribution in [0.15, 0.2) is 22.8 Å². The molecule has 0 aromatic carbocycles. The SMILES string of the molecule is Cc1nc(C(=O)N[C@H]2CNCC[C@@H]2C2CCCNC2)ccc1-c1c(Br)cnn1C. The summed E-state index contributed by atoms with van der Waals surface area (Å²) in [4.78, 5) is 17.6. The van der Waals surface area contributed by atoms with E-state index in [0.717, 1.165) is 54.0 Å². The van der Waals surface area contributed by atoms with Crippen LogP contribution >= 0.6 is 15.9 Å². The lowest BCUT2D eigenvalue weighted by atomic mass is 9.77. The Kier molecular flexibility index (Phi) is 6.32. The molecule has 4 rings (SSSR count). The zero-order chi connectivity index (χ0) is 20.4. The number of piperidine rings is 2. The summed E-state index contributed by atoms with van der Waals surface area (Å²) in [6, 6.07) is 3.92. The van der Waals surface area contributed by atoms with E-state index in [1.54, 1.807) is 6.20 Å². The molecule has 2 saturated heterocycles. The number of hydrogen-bond acceptors (Lipinski definition) is 5. The Balaban J connectivity index is 1.49. The number of nitrogens with zero attached hydrogens (tertiary/aromatic N) is 3. The third-order valence-electron chi connectivity index (χ3n) is 6.26. The number of aromatic nitrogens is 3. The maximum absolute atomic E-state index is 13.0. The van der Waals surface area contributed by atoms with Gasteiger partial charge in [-0.25, -0.2) is 4.98 Å². The van der Waals surface area contributed by atoms with E-state index in [1.807, 2.05) is 30.8 Å². The van der Waals surface area contributed by atoms with Gasteiger partial charge in [0.05, 0.1) is 16.4 Å². The van der Waals surface area contributed by atoms with E-state index in [1.165, 1.54) is 12.8 Å². The molecular formula is C21H29BrN6O. The number of rotatable bonds is 4. The van der Waals surface area contributed by atoms with Crippen molar-refractivity contribution in [2.24, 2.45) is 18.9 Å². The molecule has 4 heterocycles. The van der Waals surface area contributed by atoms with E-state index in [9.17, 15) is 4.79 Å². The van der Waals surface area contributed by atoms with Gasteiger partial charge in [0, 0.05) is 30.9 Å². The van der Waals surface area contributed by atoms with Gasteiger partial charge in [-0.15, -0.1) is 0 Å². The van der Waals surface area contributed by atoms with Gasteiger partial charge in [-0.2, -0.15) is 5.10 Å². The molecule has 3 N–H and O–H groups in total. The minimum atomic E-state index is -0.0915. The van der Waals surface area contributed by atoms with Crippen molar-refractivity contribution in [2.45, 2.75) is 32.2 Å². The van der Waals surface area contributed by atoms with Crippen LogP contribution in [0.25, 0.3) is 11.3 Å². The summed E-state index contributed by atoms with van der Waals surface area (Å²) in [5.41, 5.74) is 3.22. The van der Waals surface area contributed by atoms with E-state index >= 15 is 0 Å². The summed E-state index contributed by atoms with van der Waals surface area (Å²) in [5.74, 6) is 1.06. The minimum Gasteiger partial charge on any atom is -0.346 e. The molecule has 7 nitrogen and oxygen atoms in total. The van der Waals surface area contributed by atoms with Gasteiger partial charge >= 0.3 is 0 Å². The number of carbonyl (C=O) groups excluding carboxylic acids is 1. The Labute approximate surface area is 180 Å². The van der Waals surface area contributed by atoms with Crippen LogP contribution < -0.4 is 16.0 Å². The first kappa shape index (κ1) is 20.5. The molecule has 8 heteroatoms. The number of pyridine rings is 1. The van der Waals surface area contributed by atoms with Gasteiger partial charge in [0.2, 0.25) is 0 Å². The second-order valence-electron chi connectivity index (χ2n) is 8.14. The fourth-order valence-electron chi connectivity index (χ4n) is 4.74. The quantitative estimate of drug-likeness (QED) is 0.651. The van der Waals surface area contributed by atoms with Gasteiger partial charge in [0.15, 0.2) is 0 Å². The number of halogens is 1. The summed E-state index contributed by atoms with van der Waals surface area (Å²) in [6.45, 7) is 5.96. The van der Waals surface area contributed by atoms with Crippen LogP contribution in [0.3, 0.4) is 0 Å². The molecule has 0 bridgehead atoms. The standard InChI is InChI=1S/C21H29BrN6O/c1-13-15(20-17(22)11-25-28(20)2)5-6-18(26-13)21(29)27-19-12-24-9-7-16(19)14-4-3-8-23-10-14/h5-6,11,14,16,19,23-24H,3-4,7-10,12H2,1-2H3,(H,27,29)/t14?,16-,19+/m1/s1. The summed E-state index contributed by atoms with van der Waals surface area (Å²) in [7, 11) is 1.90. The van der Waals surface area contributed by atoms with Crippen molar-refractivity contribution in [1.82, 2.24) is 30.7 Å². The molecule has 1 amide bonds. The van der Waals surface area contributed by atoms with Gasteiger partial charge < -0.3 is 16.0 Å². The van der Waals surface area contributed by atoms with E-state index in [0.29, 0.717) is 17.5 Å². The predicted octanol–water partition coefficient (Wildman–Crippen LogP) is 2.26. The van der Waals surface area contributed by atoms with Crippen molar-refractivity contribution in [3.05, 3.63) is 34.2 Å². The van der Waals surface area contributed by atoms with Crippen LogP contribution in [0.5, 0.6) is 0 Å². The minimum absolute atomic E-state index is 0.0915. The third kappa shape index (κ3) is 4.39. The van der Waals surface area contributed by atoms with Crippen LogP contribution in [0.2, 0.25) is 0 Å². The lowest BCUT2D eigenvalue weighted by Crippen LogP contribution is -2.55. The molecule has 0 radical (unpaired) electrons. The first-order valence-corrected chi connectivity index (χ1v) is 11.2.